The number of benzene rings is 2. The minimum Gasteiger partial charge on any atom is -0.495 e. The Morgan fingerprint density at radius 1 is 1.13 bits per heavy atom. The van der Waals surface area contributed by atoms with Gasteiger partial charge in [-0.1, -0.05) is 48.9 Å². The average molecular weight is 334 g/mol. The van der Waals surface area contributed by atoms with Crippen LogP contribution < -0.4 is 14.8 Å². The highest BCUT2D eigenvalue weighted by atomic mass is 35.5. The van der Waals surface area contributed by atoms with E-state index in [0.29, 0.717) is 28.6 Å². The molecule has 0 aliphatic carbocycles. The molecule has 1 atom stereocenters. The van der Waals surface area contributed by atoms with E-state index in [1.807, 2.05) is 37.3 Å². The van der Waals surface area contributed by atoms with Crippen molar-refractivity contribution in [2.45, 2.75) is 19.3 Å². The molecule has 2 aromatic carbocycles. The van der Waals surface area contributed by atoms with Gasteiger partial charge in [-0.3, -0.25) is 4.79 Å². The van der Waals surface area contributed by atoms with Crippen molar-refractivity contribution in [1.82, 2.24) is 0 Å². The lowest BCUT2D eigenvalue weighted by Gasteiger charge is -2.18. The van der Waals surface area contributed by atoms with Crippen LogP contribution >= 0.6 is 11.6 Å². The van der Waals surface area contributed by atoms with Gasteiger partial charge in [-0.05, 0) is 18.1 Å². The van der Waals surface area contributed by atoms with Crippen LogP contribution in [-0.4, -0.2) is 20.1 Å². The van der Waals surface area contributed by atoms with Crippen LogP contribution in [0.1, 0.15) is 24.8 Å². The summed E-state index contributed by atoms with van der Waals surface area (Å²) in [6.07, 6.45) is 0.696. The molecule has 5 heteroatoms. The van der Waals surface area contributed by atoms with E-state index >= 15 is 0 Å². The van der Waals surface area contributed by atoms with Crippen LogP contribution in [0.5, 0.6) is 11.5 Å². The summed E-state index contributed by atoms with van der Waals surface area (Å²) < 4.78 is 10.5. The molecule has 0 heterocycles. The maximum absolute atomic E-state index is 12.6. The van der Waals surface area contributed by atoms with Crippen molar-refractivity contribution in [2.75, 3.05) is 19.5 Å². The van der Waals surface area contributed by atoms with Gasteiger partial charge in [-0.2, -0.15) is 0 Å². The Kier molecular flexibility index (Phi) is 5.88. The number of carbonyl (C=O) groups is 1. The lowest BCUT2D eigenvalue weighted by atomic mass is 9.95. The third-order valence-electron chi connectivity index (χ3n) is 3.66. The second-order valence-corrected chi connectivity index (χ2v) is 5.46. The minimum absolute atomic E-state index is 0.0989. The number of ether oxygens (including phenoxy) is 2. The topological polar surface area (TPSA) is 47.6 Å². The first kappa shape index (κ1) is 17.2. The Balaban J connectivity index is 2.27. The smallest absolute Gasteiger partial charge is 0.232 e. The predicted molar refractivity (Wildman–Crippen MR) is 92.7 cm³/mol. The van der Waals surface area contributed by atoms with Gasteiger partial charge in [0, 0.05) is 6.07 Å². The summed E-state index contributed by atoms with van der Waals surface area (Å²) in [5, 5.41) is 3.31. The molecule has 23 heavy (non-hydrogen) atoms. The van der Waals surface area contributed by atoms with Crippen LogP contribution in [0.25, 0.3) is 0 Å². The quantitative estimate of drug-likeness (QED) is 0.847. The first-order valence-electron chi connectivity index (χ1n) is 7.38. The largest absolute Gasteiger partial charge is 0.495 e. The van der Waals surface area contributed by atoms with Crippen LogP contribution in [0, 0.1) is 0 Å². The van der Waals surface area contributed by atoms with Crippen LogP contribution in [0.3, 0.4) is 0 Å². The van der Waals surface area contributed by atoms with Gasteiger partial charge >= 0.3 is 0 Å². The zero-order chi connectivity index (χ0) is 16.8. The number of anilines is 1. The van der Waals surface area contributed by atoms with Crippen molar-refractivity contribution in [1.29, 1.82) is 0 Å². The van der Waals surface area contributed by atoms with E-state index in [2.05, 4.69) is 5.32 Å². The van der Waals surface area contributed by atoms with Gasteiger partial charge in [-0.25, -0.2) is 0 Å². The summed E-state index contributed by atoms with van der Waals surface area (Å²) in [4.78, 5) is 12.6. The molecule has 0 unspecified atom stereocenters. The van der Waals surface area contributed by atoms with Gasteiger partial charge in [0.05, 0.1) is 30.8 Å². The summed E-state index contributed by atoms with van der Waals surface area (Å²) in [5.41, 5.74) is 1.50. The molecule has 2 aromatic rings. The standard InChI is InChI=1S/C18H20ClNO3/c1-4-13(12-8-6-5-7-9-12)18(21)20-15-10-14(19)16(22-2)11-17(15)23-3/h5-11,13H,4H2,1-3H3,(H,20,21)/t13-/m0/s1. The van der Waals surface area contributed by atoms with E-state index in [-0.39, 0.29) is 11.8 Å². The highest BCUT2D eigenvalue weighted by molar-refractivity contribution is 6.32. The Hall–Kier alpha value is -2.20. The molecular weight excluding hydrogens is 314 g/mol. The fraction of sp³-hybridized carbons (Fsp3) is 0.278. The van der Waals surface area contributed by atoms with Crippen LogP contribution in [0.15, 0.2) is 42.5 Å². The fourth-order valence-corrected chi connectivity index (χ4v) is 2.68. The normalized spacial score (nSPS) is 11.7. The molecule has 0 radical (unpaired) electrons. The summed E-state index contributed by atoms with van der Waals surface area (Å²) in [6.45, 7) is 1.98. The number of hydrogen-bond donors (Lipinski definition) is 1. The van der Waals surface area contributed by atoms with Crippen LogP contribution in [0.4, 0.5) is 5.69 Å². The Morgan fingerprint density at radius 3 is 2.35 bits per heavy atom. The second kappa shape index (κ2) is 7.88. The fourth-order valence-electron chi connectivity index (χ4n) is 2.44. The molecule has 122 valence electrons. The van der Waals surface area contributed by atoms with Crippen molar-refractivity contribution in [3.05, 3.63) is 53.1 Å². The first-order valence-corrected chi connectivity index (χ1v) is 7.75. The molecule has 0 aliphatic heterocycles. The molecular formula is C18H20ClNO3. The average Bonchev–Trinajstić information content (AvgIpc) is 2.57. The molecule has 4 nitrogen and oxygen atoms in total. The monoisotopic (exact) mass is 333 g/mol. The zero-order valence-corrected chi connectivity index (χ0v) is 14.2. The SMILES string of the molecule is CC[C@H](C(=O)Nc1cc(Cl)c(OC)cc1OC)c1ccccc1. The molecule has 0 saturated heterocycles. The van der Waals surface area contributed by atoms with E-state index in [1.165, 1.54) is 14.2 Å². The molecule has 0 spiro atoms. The molecule has 2 rings (SSSR count). The Labute approximate surface area is 141 Å². The molecule has 1 amide bonds. The summed E-state index contributed by atoms with van der Waals surface area (Å²) in [5.74, 6) is 0.666. The Morgan fingerprint density at radius 2 is 1.78 bits per heavy atom. The van der Waals surface area contributed by atoms with Crippen LogP contribution in [-0.2, 0) is 4.79 Å². The molecule has 1 N–H and O–H groups in total. The van der Waals surface area contributed by atoms with E-state index in [0.717, 1.165) is 5.56 Å². The highest BCUT2D eigenvalue weighted by Crippen LogP contribution is 2.36. The van der Waals surface area contributed by atoms with Gasteiger partial charge < -0.3 is 14.8 Å². The van der Waals surface area contributed by atoms with E-state index in [4.69, 9.17) is 21.1 Å². The van der Waals surface area contributed by atoms with Crippen molar-refractivity contribution < 1.29 is 14.3 Å². The predicted octanol–water partition coefficient (Wildman–Crippen LogP) is 4.49. The van der Waals surface area contributed by atoms with E-state index in [1.54, 1.807) is 12.1 Å². The molecule has 0 aliphatic rings. The van der Waals surface area contributed by atoms with Crippen molar-refractivity contribution >= 4 is 23.2 Å². The van der Waals surface area contributed by atoms with E-state index in [9.17, 15) is 4.79 Å². The number of methoxy groups -OCH3 is 2. The second-order valence-electron chi connectivity index (χ2n) is 5.05. The van der Waals surface area contributed by atoms with Gasteiger partial charge in [0.15, 0.2) is 0 Å². The number of carbonyl (C=O) groups excluding carboxylic acids is 1. The van der Waals surface area contributed by atoms with Crippen LogP contribution in [0.2, 0.25) is 5.02 Å². The number of rotatable bonds is 6. The zero-order valence-electron chi connectivity index (χ0n) is 13.4. The Bertz CT molecular complexity index is 673. The molecule has 0 bridgehead atoms. The van der Waals surface area contributed by atoms with Crippen molar-refractivity contribution in [3.8, 4) is 11.5 Å². The number of amides is 1. The minimum atomic E-state index is -0.234. The number of halogens is 1. The number of nitrogens with one attached hydrogen (secondary N) is 1. The van der Waals surface area contributed by atoms with Crippen molar-refractivity contribution in [2.24, 2.45) is 0 Å². The first-order chi connectivity index (χ1) is 11.1. The van der Waals surface area contributed by atoms with Gasteiger partial charge in [0.25, 0.3) is 0 Å². The summed E-state index contributed by atoms with van der Waals surface area (Å²) in [7, 11) is 3.06. The third kappa shape index (κ3) is 3.96. The van der Waals surface area contributed by atoms with Gasteiger partial charge in [0.1, 0.15) is 11.5 Å². The summed E-state index contributed by atoms with van der Waals surface area (Å²) >= 11 is 6.14. The molecule has 0 fully saturated rings. The third-order valence-corrected chi connectivity index (χ3v) is 3.95. The number of hydrogen-bond acceptors (Lipinski definition) is 3. The van der Waals surface area contributed by atoms with Gasteiger partial charge in [0.2, 0.25) is 5.91 Å². The maximum atomic E-state index is 12.6. The lowest BCUT2D eigenvalue weighted by molar-refractivity contribution is -0.117. The van der Waals surface area contributed by atoms with E-state index < -0.39 is 0 Å². The van der Waals surface area contributed by atoms with Gasteiger partial charge in [-0.15, -0.1) is 0 Å². The maximum Gasteiger partial charge on any atom is 0.232 e. The molecule has 0 aromatic heterocycles. The lowest BCUT2D eigenvalue weighted by Crippen LogP contribution is -2.21. The highest BCUT2D eigenvalue weighted by Gasteiger charge is 2.20. The molecule has 0 saturated carbocycles. The summed E-state index contributed by atoms with van der Waals surface area (Å²) in [6, 6.07) is 13.0. The van der Waals surface area contributed by atoms with Crippen molar-refractivity contribution in [3.63, 3.8) is 0 Å².